The lowest BCUT2D eigenvalue weighted by molar-refractivity contribution is -0.139. The molecule has 0 spiro atoms. The van der Waals surface area contributed by atoms with Gasteiger partial charge in [-0.15, -0.1) is 0 Å². The van der Waals surface area contributed by atoms with Crippen molar-refractivity contribution in [1.29, 1.82) is 0 Å². The van der Waals surface area contributed by atoms with Crippen LogP contribution in [0.3, 0.4) is 0 Å². The Morgan fingerprint density at radius 2 is 1.79 bits per heavy atom. The van der Waals surface area contributed by atoms with Crippen LogP contribution in [0.1, 0.15) is 29.2 Å². The first-order valence-electron chi connectivity index (χ1n) is 12.6. The molecule has 2 atom stereocenters. The molecule has 1 aromatic heterocycles. The number of nitrogens with one attached hydrogen (secondary N) is 1. The van der Waals surface area contributed by atoms with Crippen molar-refractivity contribution in [2.45, 2.75) is 38.3 Å². The van der Waals surface area contributed by atoms with Gasteiger partial charge in [0, 0.05) is 18.9 Å². The number of ether oxygens (including phenoxy) is 1. The first-order valence-corrected chi connectivity index (χ1v) is 14.0. The van der Waals surface area contributed by atoms with Gasteiger partial charge in [-0.05, 0) is 76.6 Å². The number of thioether (sulfide) groups is 1. The van der Waals surface area contributed by atoms with Crippen molar-refractivity contribution in [3.05, 3.63) is 114 Å². The fourth-order valence-corrected chi connectivity index (χ4v) is 4.73. The van der Waals surface area contributed by atoms with E-state index in [0.717, 1.165) is 33.6 Å². The van der Waals surface area contributed by atoms with E-state index in [1.54, 1.807) is 48.6 Å². The minimum atomic E-state index is -0.887. The number of hydrogen-bond donors (Lipinski definition) is 2. The largest absolute Gasteiger partial charge is 0.480 e. The average Bonchev–Trinajstić information content (AvgIpc) is 3.45. The highest BCUT2D eigenvalue weighted by Gasteiger charge is 2.18. The van der Waals surface area contributed by atoms with Gasteiger partial charge in [-0.25, -0.2) is 13.8 Å². The van der Waals surface area contributed by atoms with E-state index in [0.29, 0.717) is 19.5 Å². The van der Waals surface area contributed by atoms with Crippen molar-refractivity contribution in [2.75, 3.05) is 12.0 Å². The van der Waals surface area contributed by atoms with Crippen LogP contribution in [0.2, 0.25) is 0 Å². The summed E-state index contributed by atoms with van der Waals surface area (Å²) in [6.45, 7) is 1.13. The van der Waals surface area contributed by atoms with Crippen molar-refractivity contribution >= 4 is 17.7 Å². The molecule has 0 aliphatic rings. The van der Waals surface area contributed by atoms with Gasteiger partial charge in [0.25, 0.3) is 0 Å². The van der Waals surface area contributed by atoms with Crippen LogP contribution < -0.4 is 5.32 Å². The summed E-state index contributed by atoms with van der Waals surface area (Å²) >= 11 is 1.60. The third-order valence-electron chi connectivity index (χ3n) is 6.41. The van der Waals surface area contributed by atoms with Gasteiger partial charge < -0.3 is 19.7 Å². The molecule has 9 heteroatoms. The summed E-state index contributed by atoms with van der Waals surface area (Å²) in [6, 6.07) is 17.7. The Kier molecular flexibility index (Phi) is 10.2. The minimum absolute atomic E-state index is 0.282. The van der Waals surface area contributed by atoms with E-state index >= 15 is 0 Å². The molecular weight excluding hydrogens is 520 g/mol. The molecule has 0 aliphatic carbocycles. The van der Waals surface area contributed by atoms with Crippen molar-refractivity contribution in [1.82, 2.24) is 14.9 Å². The fraction of sp³-hybridized carbons (Fsp3) is 0.267. The lowest BCUT2D eigenvalue weighted by Crippen LogP contribution is -2.36. The molecule has 4 rings (SSSR count). The number of halogens is 2. The lowest BCUT2D eigenvalue weighted by atomic mass is 9.97. The summed E-state index contributed by atoms with van der Waals surface area (Å²) in [7, 11) is 0. The highest BCUT2D eigenvalue weighted by molar-refractivity contribution is 7.98. The van der Waals surface area contributed by atoms with Gasteiger partial charge in [-0.1, -0.05) is 36.4 Å². The molecule has 0 fully saturated rings. The number of hydrogen-bond acceptors (Lipinski definition) is 5. The van der Waals surface area contributed by atoms with Crippen LogP contribution in [-0.2, 0) is 29.2 Å². The number of aliphatic carboxylic acids is 1. The zero-order valence-corrected chi connectivity index (χ0v) is 22.4. The van der Waals surface area contributed by atoms with Gasteiger partial charge in [0.1, 0.15) is 23.8 Å². The van der Waals surface area contributed by atoms with E-state index in [4.69, 9.17) is 4.74 Å². The Hall–Kier alpha value is -3.53. The molecule has 0 aliphatic heterocycles. The second-order valence-corrected chi connectivity index (χ2v) is 10.1. The van der Waals surface area contributed by atoms with Crippen molar-refractivity contribution in [2.24, 2.45) is 0 Å². The Balaban J connectivity index is 1.56. The highest BCUT2D eigenvalue weighted by Crippen LogP contribution is 2.28. The van der Waals surface area contributed by atoms with Gasteiger partial charge in [0.2, 0.25) is 0 Å². The number of carboxylic acid groups (broad SMARTS) is 1. The van der Waals surface area contributed by atoms with Crippen LogP contribution in [0.5, 0.6) is 0 Å². The van der Waals surface area contributed by atoms with Crippen LogP contribution >= 0.6 is 11.8 Å². The first-order chi connectivity index (χ1) is 18.9. The molecule has 3 aromatic carbocycles. The number of benzene rings is 3. The Bertz CT molecular complexity index is 1330. The van der Waals surface area contributed by atoms with Gasteiger partial charge in [-0.3, -0.25) is 4.79 Å². The van der Waals surface area contributed by atoms with E-state index in [-0.39, 0.29) is 24.3 Å². The number of rotatable bonds is 14. The molecular formula is C30H31F2N3O3S. The van der Waals surface area contributed by atoms with Gasteiger partial charge in [0.05, 0.1) is 19.5 Å². The maximum atomic E-state index is 13.7. The van der Waals surface area contributed by atoms with E-state index < -0.39 is 12.0 Å². The smallest absolute Gasteiger partial charge is 0.320 e. The topological polar surface area (TPSA) is 76.4 Å². The number of carboxylic acids is 1. The first kappa shape index (κ1) is 28.5. The third kappa shape index (κ3) is 8.23. The predicted octanol–water partition coefficient (Wildman–Crippen LogP) is 6.08. The minimum Gasteiger partial charge on any atom is -0.480 e. The van der Waals surface area contributed by atoms with Crippen LogP contribution in [0.4, 0.5) is 8.78 Å². The molecule has 0 saturated carbocycles. The summed E-state index contributed by atoms with van der Waals surface area (Å²) in [4.78, 5) is 15.8. The monoisotopic (exact) mass is 551 g/mol. The summed E-state index contributed by atoms with van der Waals surface area (Å²) in [5.41, 5.74) is 4.32. The zero-order valence-electron chi connectivity index (χ0n) is 21.6. The van der Waals surface area contributed by atoms with E-state index in [1.165, 1.54) is 24.3 Å². The summed E-state index contributed by atoms with van der Waals surface area (Å²) in [5, 5.41) is 12.8. The summed E-state index contributed by atoms with van der Waals surface area (Å²) in [5.74, 6) is -0.796. The fourth-order valence-electron chi connectivity index (χ4n) is 4.26. The molecule has 39 heavy (non-hydrogen) atoms. The predicted molar refractivity (Wildman–Crippen MR) is 149 cm³/mol. The maximum Gasteiger partial charge on any atom is 0.320 e. The molecule has 204 valence electrons. The molecule has 4 aromatic rings. The van der Waals surface area contributed by atoms with E-state index in [9.17, 15) is 18.7 Å². The van der Waals surface area contributed by atoms with Crippen LogP contribution in [0, 0.1) is 11.6 Å². The van der Waals surface area contributed by atoms with Crippen LogP contribution in [-0.4, -0.2) is 38.7 Å². The van der Waals surface area contributed by atoms with Crippen molar-refractivity contribution < 1.29 is 23.4 Å². The number of nitrogens with zero attached hydrogens (tertiary/aromatic N) is 2. The highest BCUT2D eigenvalue weighted by atomic mass is 32.2. The van der Waals surface area contributed by atoms with Crippen molar-refractivity contribution in [3.63, 3.8) is 0 Å². The molecule has 0 amide bonds. The SMILES string of the molecule is CSCC[C@H](NCc1ccc(COC(Cn2ccnc2)c2ccc(F)cc2)cc1-c1ccc(F)cc1)C(=O)O. The Labute approximate surface area is 231 Å². The van der Waals surface area contributed by atoms with E-state index in [2.05, 4.69) is 10.3 Å². The molecule has 0 radical (unpaired) electrons. The normalized spacial score (nSPS) is 12.8. The maximum absolute atomic E-state index is 13.7. The number of carbonyl (C=O) groups is 1. The zero-order chi connectivity index (χ0) is 27.6. The van der Waals surface area contributed by atoms with Crippen molar-refractivity contribution in [3.8, 4) is 11.1 Å². The molecule has 1 heterocycles. The van der Waals surface area contributed by atoms with E-state index in [1.807, 2.05) is 35.2 Å². The standard InChI is InChI=1S/C30H31F2N3O3S/c1-39-15-12-28(30(36)37)34-17-24-3-2-21(16-27(24)22-4-8-25(31)9-5-22)19-38-29(18-35-14-13-33-20-35)23-6-10-26(32)11-7-23/h2-11,13-14,16,20,28-29,34H,12,15,17-19H2,1H3,(H,36,37)/t28-,29?/m0/s1. The second kappa shape index (κ2) is 14.0. The number of aromatic nitrogens is 2. The lowest BCUT2D eigenvalue weighted by Gasteiger charge is -2.20. The molecule has 0 bridgehead atoms. The second-order valence-electron chi connectivity index (χ2n) is 9.16. The third-order valence-corrected chi connectivity index (χ3v) is 7.05. The molecule has 2 N–H and O–H groups in total. The summed E-state index contributed by atoms with van der Waals surface area (Å²) < 4.78 is 35.4. The van der Waals surface area contributed by atoms with Crippen LogP contribution in [0.25, 0.3) is 11.1 Å². The molecule has 1 unspecified atom stereocenters. The Morgan fingerprint density at radius 3 is 2.44 bits per heavy atom. The van der Waals surface area contributed by atoms with Crippen LogP contribution in [0.15, 0.2) is 85.5 Å². The summed E-state index contributed by atoms with van der Waals surface area (Å²) in [6.07, 6.45) is 7.36. The van der Waals surface area contributed by atoms with Gasteiger partial charge in [-0.2, -0.15) is 11.8 Å². The average molecular weight is 552 g/mol. The van der Waals surface area contributed by atoms with Gasteiger partial charge in [0.15, 0.2) is 0 Å². The number of imidazole rings is 1. The quantitative estimate of drug-likeness (QED) is 0.198. The molecule has 0 saturated heterocycles. The molecule has 6 nitrogen and oxygen atoms in total. The van der Waals surface area contributed by atoms with Gasteiger partial charge >= 0.3 is 5.97 Å². The Morgan fingerprint density at radius 1 is 1.08 bits per heavy atom.